The molecule has 0 heterocycles. The minimum Gasteiger partial charge on any atom is -0.464 e. The molecule has 0 spiro atoms. The van der Waals surface area contributed by atoms with Gasteiger partial charge in [0.15, 0.2) is 0 Å². The molecule has 0 bridgehead atoms. The normalized spacial score (nSPS) is 11.1. The Balaban J connectivity index is 2.27. The Morgan fingerprint density at radius 1 is 1.19 bits per heavy atom. The highest BCUT2D eigenvalue weighted by Crippen LogP contribution is 2.30. The molecule has 0 radical (unpaired) electrons. The van der Waals surface area contributed by atoms with Crippen LogP contribution in [0.1, 0.15) is 11.1 Å². The van der Waals surface area contributed by atoms with Crippen molar-refractivity contribution in [1.29, 1.82) is 0 Å². The van der Waals surface area contributed by atoms with Crippen LogP contribution in [0.4, 0.5) is 33.7 Å². The molecule has 0 aliphatic heterocycles. The van der Waals surface area contributed by atoms with E-state index in [-0.39, 0.29) is 24.5 Å². The molecule has 0 aromatic heterocycles. The number of rotatable bonds is 6. The lowest BCUT2D eigenvalue weighted by Gasteiger charge is -2.25. The second kappa shape index (κ2) is 8.09. The minimum atomic E-state index is -4.43. The van der Waals surface area contributed by atoms with E-state index in [0.29, 0.717) is 10.6 Å². The summed E-state index contributed by atoms with van der Waals surface area (Å²) in [6.07, 6.45) is -4.36. The molecule has 0 saturated carbocycles. The first-order chi connectivity index (χ1) is 12.6. The average molecular weight is 383 g/mol. The monoisotopic (exact) mass is 383 g/mol. The predicted molar refractivity (Wildman–Crippen MR) is 93.8 cm³/mol. The molecule has 1 amide bonds. The molecule has 3 N–H and O–H groups in total. The molecule has 2 aromatic carbocycles. The van der Waals surface area contributed by atoms with Crippen LogP contribution in [0.15, 0.2) is 55.1 Å². The number of nitrogens with two attached hydrogens (primary N) is 1. The molecule has 0 unspecified atom stereocenters. The van der Waals surface area contributed by atoms with Crippen molar-refractivity contribution in [2.24, 2.45) is 5.84 Å². The lowest BCUT2D eigenvalue weighted by atomic mass is 10.1. The highest BCUT2D eigenvalue weighted by Gasteiger charge is 2.30. The molecule has 9 heteroatoms. The Bertz CT molecular complexity index is 822. The average Bonchev–Trinajstić information content (AvgIpc) is 2.60. The summed E-state index contributed by atoms with van der Waals surface area (Å²) in [6.45, 7) is 3.95. The minimum absolute atomic E-state index is 0.0585. The number of nitrogens with zero attached hydrogens (tertiary/aromatic N) is 2. The van der Waals surface area contributed by atoms with Gasteiger partial charge in [0.25, 0.3) is 0 Å². The molecule has 0 aliphatic carbocycles. The van der Waals surface area contributed by atoms with E-state index in [0.717, 1.165) is 18.2 Å². The number of anilines is 2. The Labute approximate surface area is 152 Å². The number of carbonyl (C=O) groups is 1. The Kier molecular flexibility index (Phi) is 6.06. The predicted octanol–water partition coefficient (Wildman–Crippen LogP) is 4.40. The van der Waals surface area contributed by atoms with Crippen LogP contribution in [0.2, 0.25) is 0 Å². The highest BCUT2D eigenvalue weighted by molar-refractivity contribution is 5.84. The molecule has 0 saturated heterocycles. The summed E-state index contributed by atoms with van der Waals surface area (Å²) in [4.78, 5) is 12.4. The van der Waals surface area contributed by atoms with Gasteiger partial charge in [0.1, 0.15) is 5.82 Å². The number of halogens is 4. The maximum absolute atomic E-state index is 14.5. The van der Waals surface area contributed by atoms with Crippen LogP contribution in [-0.4, -0.2) is 17.7 Å². The summed E-state index contributed by atoms with van der Waals surface area (Å²) in [7, 11) is 0. The summed E-state index contributed by atoms with van der Waals surface area (Å²) in [5.41, 5.74) is -0.151. The Morgan fingerprint density at radius 3 is 2.30 bits per heavy atom. The van der Waals surface area contributed by atoms with E-state index in [2.05, 4.69) is 6.58 Å². The van der Waals surface area contributed by atoms with Crippen molar-refractivity contribution in [3.05, 3.63) is 72.1 Å². The van der Waals surface area contributed by atoms with E-state index in [9.17, 15) is 22.4 Å². The molecule has 144 valence electrons. The van der Waals surface area contributed by atoms with E-state index in [1.54, 1.807) is 4.90 Å². The standard InChI is InChI=1S/C18H17F4N3O2/c1-2-9-24(11-12-3-5-13(6-4-12)18(20,21)22)16-8-7-14(10-15(16)19)25(23)17(26)27/h2-8,10H,1,9,11,23H2,(H,26,27). The molecular formula is C18H17F4N3O2. The number of carboxylic acid groups (broad SMARTS) is 1. The smallest absolute Gasteiger partial charge is 0.426 e. The summed E-state index contributed by atoms with van der Waals surface area (Å²) in [5.74, 6) is 4.59. The maximum Gasteiger partial charge on any atom is 0.426 e. The van der Waals surface area contributed by atoms with E-state index in [1.807, 2.05) is 0 Å². The van der Waals surface area contributed by atoms with Crippen molar-refractivity contribution in [3.63, 3.8) is 0 Å². The van der Waals surface area contributed by atoms with Gasteiger partial charge >= 0.3 is 12.3 Å². The van der Waals surface area contributed by atoms with Gasteiger partial charge < -0.3 is 10.0 Å². The third-order valence-corrected chi connectivity index (χ3v) is 3.76. The highest BCUT2D eigenvalue weighted by atomic mass is 19.4. The van der Waals surface area contributed by atoms with E-state index >= 15 is 0 Å². The lowest BCUT2D eigenvalue weighted by molar-refractivity contribution is -0.137. The zero-order chi connectivity index (χ0) is 20.2. The second-order valence-electron chi connectivity index (χ2n) is 5.65. The third-order valence-electron chi connectivity index (χ3n) is 3.76. The molecule has 0 atom stereocenters. The molecule has 27 heavy (non-hydrogen) atoms. The fourth-order valence-corrected chi connectivity index (χ4v) is 2.44. The van der Waals surface area contributed by atoms with Gasteiger partial charge in [0, 0.05) is 19.2 Å². The topological polar surface area (TPSA) is 69.8 Å². The van der Waals surface area contributed by atoms with Crippen LogP contribution in [-0.2, 0) is 12.7 Å². The van der Waals surface area contributed by atoms with Gasteiger partial charge in [-0.1, -0.05) is 18.2 Å². The van der Waals surface area contributed by atoms with E-state index < -0.39 is 23.7 Å². The Morgan fingerprint density at radius 2 is 1.81 bits per heavy atom. The van der Waals surface area contributed by atoms with Crippen molar-refractivity contribution < 1.29 is 27.5 Å². The first kappa shape index (κ1) is 20.2. The molecular weight excluding hydrogens is 366 g/mol. The molecule has 2 rings (SSSR count). The summed E-state index contributed by atoms with van der Waals surface area (Å²) < 4.78 is 52.4. The number of amides is 1. The van der Waals surface area contributed by atoms with Crippen molar-refractivity contribution in [3.8, 4) is 0 Å². The van der Waals surface area contributed by atoms with Crippen LogP contribution < -0.4 is 15.8 Å². The quantitative estimate of drug-likeness (QED) is 0.255. The van der Waals surface area contributed by atoms with Crippen molar-refractivity contribution >= 4 is 17.5 Å². The van der Waals surface area contributed by atoms with Crippen LogP contribution in [0.5, 0.6) is 0 Å². The number of hydrazine groups is 1. The largest absolute Gasteiger partial charge is 0.464 e. The van der Waals surface area contributed by atoms with E-state index in [1.165, 1.54) is 30.3 Å². The van der Waals surface area contributed by atoms with Gasteiger partial charge in [-0.3, -0.25) is 0 Å². The second-order valence-corrected chi connectivity index (χ2v) is 5.65. The fourth-order valence-electron chi connectivity index (χ4n) is 2.44. The van der Waals surface area contributed by atoms with E-state index in [4.69, 9.17) is 10.9 Å². The zero-order valence-electron chi connectivity index (χ0n) is 14.1. The number of alkyl halides is 3. The van der Waals surface area contributed by atoms with Crippen molar-refractivity contribution in [2.45, 2.75) is 12.7 Å². The summed E-state index contributed by atoms with van der Waals surface area (Å²) in [5, 5.41) is 9.21. The first-order valence-corrected chi connectivity index (χ1v) is 7.72. The van der Waals surface area contributed by atoms with Crippen LogP contribution in [0, 0.1) is 5.82 Å². The molecule has 0 fully saturated rings. The fraction of sp³-hybridized carbons (Fsp3) is 0.167. The maximum atomic E-state index is 14.5. The first-order valence-electron chi connectivity index (χ1n) is 7.72. The lowest BCUT2D eigenvalue weighted by Crippen LogP contribution is -2.36. The SMILES string of the molecule is C=CCN(Cc1ccc(C(F)(F)F)cc1)c1ccc(N(N)C(=O)O)cc1F. The molecule has 2 aromatic rings. The van der Waals surface area contributed by atoms with Gasteiger partial charge in [0.05, 0.1) is 16.9 Å². The van der Waals surface area contributed by atoms with Crippen LogP contribution >= 0.6 is 0 Å². The number of hydrogen-bond donors (Lipinski definition) is 2. The number of benzene rings is 2. The number of hydrogen-bond acceptors (Lipinski definition) is 3. The van der Waals surface area contributed by atoms with Crippen LogP contribution in [0.25, 0.3) is 0 Å². The van der Waals surface area contributed by atoms with Gasteiger partial charge in [-0.05, 0) is 29.8 Å². The van der Waals surface area contributed by atoms with Crippen molar-refractivity contribution in [1.82, 2.24) is 0 Å². The van der Waals surface area contributed by atoms with Crippen LogP contribution in [0.3, 0.4) is 0 Å². The third kappa shape index (κ3) is 4.98. The molecule has 0 aliphatic rings. The van der Waals surface area contributed by atoms with Gasteiger partial charge in [-0.25, -0.2) is 20.0 Å². The summed E-state index contributed by atoms with van der Waals surface area (Å²) in [6, 6.07) is 8.19. The van der Waals surface area contributed by atoms with Crippen molar-refractivity contribution in [2.75, 3.05) is 16.5 Å². The molecule has 5 nitrogen and oxygen atoms in total. The van der Waals surface area contributed by atoms with Gasteiger partial charge in [0.2, 0.25) is 0 Å². The summed E-state index contributed by atoms with van der Waals surface area (Å²) >= 11 is 0. The van der Waals surface area contributed by atoms with Gasteiger partial charge in [-0.15, -0.1) is 6.58 Å². The zero-order valence-corrected chi connectivity index (χ0v) is 14.1. The van der Waals surface area contributed by atoms with Gasteiger partial charge in [-0.2, -0.15) is 13.2 Å². The Hall–Kier alpha value is -3.07.